The molecule has 0 saturated carbocycles. The molecule has 0 aromatic carbocycles. The van der Waals surface area contributed by atoms with Crippen LogP contribution in [0.3, 0.4) is 0 Å². The summed E-state index contributed by atoms with van der Waals surface area (Å²) in [5.74, 6) is -0.350. The Labute approximate surface area is 106 Å². The molecule has 0 aromatic heterocycles. The van der Waals surface area contributed by atoms with Gasteiger partial charge in [0, 0.05) is 11.1 Å². The van der Waals surface area contributed by atoms with E-state index in [0.29, 0.717) is 5.57 Å². The van der Waals surface area contributed by atoms with Crippen molar-refractivity contribution < 1.29 is 9.53 Å². The second-order valence-corrected chi connectivity index (χ2v) is 6.59. The number of ether oxygens (including phenoxy) is 1. The van der Waals surface area contributed by atoms with Gasteiger partial charge in [-0.1, -0.05) is 27.4 Å². The van der Waals surface area contributed by atoms with Crippen LogP contribution in [-0.2, 0) is 9.53 Å². The van der Waals surface area contributed by atoms with Crippen LogP contribution < -0.4 is 5.32 Å². The van der Waals surface area contributed by atoms with E-state index in [9.17, 15) is 4.79 Å². The SMILES string of the molecule is C=C(C)C(=O)OC(C)NC(C)(C)CC(C)(C)C. The smallest absolute Gasteiger partial charge is 0.334 e. The van der Waals surface area contributed by atoms with Crippen molar-refractivity contribution in [2.45, 2.75) is 66.7 Å². The van der Waals surface area contributed by atoms with E-state index in [1.54, 1.807) is 6.92 Å². The van der Waals surface area contributed by atoms with E-state index in [0.717, 1.165) is 6.42 Å². The lowest BCUT2D eigenvalue weighted by Gasteiger charge is -2.35. The van der Waals surface area contributed by atoms with Crippen LogP contribution in [-0.4, -0.2) is 17.7 Å². The van der Waals surface area contributed by atoms with Crippen molar-refractivity contribution >= 4 is 5.97 Å². The second kappa shape index (κ2) is 5.67. The third-order valence-electron chi connectivity index (χ3n) is 2.20. The zero-order valence-corrected chi connectivity index (χ0v) is 12.3. The molecule has 0 radical (unpaired) electrons. The summed E-state index contributed by atoms with van der Waals surface area (Å²) in [5.41, 5.74) is 0.578. The Bertz CT molecular complexity index is 287. The number of carbonyl (C=O) groups excluding carboxylic acids is 1. The van der Waals surface area contributed by atoms with Crippen molar-refractivity contribution in [2.75, 3.05) is 0 Å². The Morgan fingerprint density at radius 1 is 1.29 bits per heavy atom. The molecular formula is C14H27NO2. The minimum absolute atomic E-state index is 0.0764. The molecule has 0 fully saturated rings. The Hall–Kier alpha value is -0.830. The van der Waals surface area contributed by atoms with E-state index in [1.165, 1.54) is 0 Å². The third-order valence-corrected chi connectivity index (χ3v) is 2.20. The largest absolute Gasteiger partial charge is 0.444 e. The summed E-state index contributed by atoms with van der Waals surface area (Å²) >= 11 is 0. The second-order valence-electron chi connectivity index (χ2n) is 6.59. The van der Waals surface area contributed by atoms with Crippen LogP contribution >= 0.6 is 0 Å². The molecule has 0 saturated heterocycles. The highest BCUT2D eigenvalue weighted by atomic mass is 16.6. The molecule has 17 heavy (non-hydrogen) atoms. The Balaban J connectivity index is 4.32. The predicted octanol–water partition coefficient (Wildman–Crippen LogP) is 3.26. The monoisotopic (exact) mass is 241 g/mol. The van der Waals surface area contributed by atoms with Gasteiger partial charge in [0.25, 0.3) is 0 Å². The summed E-state index contributed by atoms with van der Waals surface area (Å²) in [6.07, 6.45) is 0.686. The molecule has 1 atom stereocenters. The van der Waals surface area contributed by atoms with Crippen molar-refractivity contribution in [1.29, 1.82) is 0 Å². The maximum Gasteiger partial charge on any atom is 0.334 e. The molecule has 0 rings (SSSR count). The van der Waals surface area contributed by atoms with Gasteiger partial charge in [0.2, 0.25) is 0 Å². The molecule has 1 N–H and O–H groups in total. The lowest BCUT2D eigenvalue weighted by atomic mass is 9.82. The van der Waals surface area contributed by atoms with Crippen LogP contribution in [0.1, 0.15) is 54.9 Å². The van der Waals surface area contributed by atoms with Crippen LogP contribution in [0, 0.1) is 5.41 Å². The molecule has 3 heteroatoms. The highest BCUT2D eigenvalue weighted by Crippen LogP contribution is 2.27. The molecule has 0 aliphatic heterocycles. The van der Waals surface area contributed by atoms with Crippen molar-refractivity contribution in [3.05, 3.63) is 12.2 Å². The highest BCUT2D eigenvalue weighted by molar-refractivity contribution is 5.87. The summed E-state index contributed by atoms with van der Waals surface area (Å²) in [7, 11) is 0. The predicted molar refractivity (Wildman–Crippen MR) is 71.7 cm³/mol. The van der Waals surface area contributed by atoms with Gasteiger partial charge in [0.05, 0.1) is 0 Å². The van der Waals surface area contributed by atoms with Crippen LogP contribution in [0.4, 0.5) is 0 Å². The molecule has 0 aliphatic rings. The van der Waals surface area contributed by atoms with Gasteiger partial charge < -0.3 is 4.74 Å². The number of nitrogens with one attached hydrogen (secondary N) is 1. The first kappa shape index (κ1) is 16.2. The molecule has 1 unspecified atom stereocenters. The number of carbonyl (C=O) groups is 1. The van der Waals surface area contributed by atoms with Gasteiger partial charge in [0.1, 0.15) is 0 Å². The quantitative estimate of drug-likeness (QED) is 0.456. The zero-order valence-electron chi connectivity index (χ0n) is 12.3. The summed E-state index contributed by atoms with van der Waals surface area (Å²) in [6, 6.07) is 0. The van der Waals surface area contributed by atoms with Crippen molar-refractivity contribution in [3.63, 3.8) is 0 Å². The highest BCUT2D eigenvalue weighted by Gasteiger charge is 2.27. The number of esters is 1. The van der Waals surface area contributed by atoms with Gasteiger partial charge in [-0.2, -0.15) is 0 Å². The minimum Gasteiger partial charge on any atom is -0.444 e. The van der Waals surface area contributed by atoms with Gasteiger partial charge in [0.15, 0.2) is 6.23 Å². The van der Waals surface area contributed by atoms with Gasteiger partial charge in [-0.05, 0) is 39.5 Å². The van der Waals surface area contributed by atoms with Crippen LogP contribution in [0.2, 0.25) is 0 Å². The normalized spacial score (nSPS) is 14.3. The average Bonchev–Trinajstić information content (AvgIpc) is 1.96. The molecule has 0 heterocycles. The summed E-state index contributed by atoms with van der Waals surface area (Å²) in [4.78, 5) is 11.4. The number of rotatable bonds is 5. The zero-order chi connectivity index (χ0) is 13.9. The average molecular weight is 241 g/mol. The maximum atomic E-state index is 11.4. The van der Waals surface area contributed by atoms with Crippen LogP contribution in [0.25, 0.3) is 0 Å². The first-order valence-electron chi connectivity index (χ1n) is 6.07. The first-order chi connectivity index (χ1) is 7.43. The molecule has 0 aromatic rings. The molecule has 0 amide bonds. The van der Waals surface area contributed by atoms with Gasteiger partial charge in [-0.25, -0.2) is 4.79 Å². The molecule has 100 valence electrons. The topological polar surface area (TPSA) is 38.3 Å². The number of hydrogen-bond donors (Lipinski definition) is 1. The lowest BCUT2D eigenvalue weighted by Crippen LogP contribution is -2.48. The fourth-order valence-corrected chi connectivity index (χ4v) is 2.22. The molecule has 0 spiro atoms. The van der Waals surface area contributed by atoms with E-state index in [1.807, 2.05) is 6.92 Å². The number of hydrogen-bond acceptors (Lipinski definition) is 3. The summed E-state index contributed by atoms with van der Waals surface area (Å²) < 4.78 is 5.21. The van der Waals surface area contributed by atoms with Crippen molar-refractivity contribution in [1.82, 2.24) is 5.32 Å². The van der Waals surface area contributed by atoms with Crippen molar-refractivity contribution in [3.8, 4) is 0 Å². The van der Waals surface area contributed by atoms with E-state index in [-0.39, 0.29) is 23.2 Å². The van der Waals surface area contributed by atoms with E-state index in [4.69, 9.17) is 4.74 Å². The van der Waals surface area contributed by atoms with Gasteiger partial charge in [-0.15, -0.1) is 0 Å². The third kappa shape index (κ3) is 7.97. The molecular weight excluding hydrogens is 214 g/mol. The first-order valence-corrected chi connectivity index (χ1v) is 6.07. The fourth-order valence-electron chi connectivity index (χ4n) is 2.22. The van der Waals surface area contributed by atoms with Crippen molar-refractivity contribution in [2.24, 2.45) is 5.41 Å². The standard InChI is InChI=1S/C14H27NO2/c1-10(2)12(16)17-11(3)15-14(7,8)9-13(4,5)6/h11,15H,1,9H2,2-8H3. The van der Waals surface area contributed by atoms with Crippen LogP contribution in [0.15, 0.2) is 12.2 Å². The fraction of sp³-hybridized carbons (Fsp3) is 0.786. The Kier molecular flexibility index (Phi) is 5.40. The molecule has 0 bridgehead atoms. The lowest BCUT2D eigenvalue weighted by molar-refractivity contribution is -0.145. The Morgan fingerprint density at radius 2 is 1.76 bits per heavy atom. The van der Waals surface area contributed by atoms with E-state index >= 15 is 0 Å². The summed E-state index contributed by atoms with van der Waals surface area (Å²) in [6.45, 7) is 17.9. The van der Waals surface area contributed by atoms with E-state index < -0.39 is 0 Å². The molecule has 0 aliphatic carbocycles. The van der Waals surface area contributed by atoms with Gasteiger partial charge >= 0.3 is 5.97 Å². The minimum atomic E-state index is -0.350. The Morgan fingerprint density at radius 3 is 2.12 bits per heavy atom. The summed E-state index contributed by atoms with van der Waals surface area (Å²) in [5, 5.41) is 3.31. The van der Waals surface area contributed by atoms with Gasteiger partial charge in [-0.3, -0.25) is 5.32 Å². The maximum absolute atomic E-state index is 11.4. The van der Waals surface area contributed by atoms with E-state index in [2.05, 4.69) is 46.5 Å². The molecule has 3 nitrogen and oxygen atoms in total. The van der Waals surface area contributed by atoms with Crippen LogP contribution in [0.5, 0.6) is 0 Å².